The Bertz CT molecular complexity index is 703. The minimum atomic E-state index is -0.284. The number of carbonyl (C=O) groups is 1. The normalized spacial score (nSPS) is 21.4. The second-order valence-corrected chi connectivity index (χ2v) is 6.91. The lowest BCUT2D eigenvalue weighted by Gasteiger charge is -2.36. The van der Waals surface area contributed by atoms with Crippen molar-refractivity contribution in [3.8, 4) is 10.6 Å². The monoisotopic (exact) mass is 333 g/mol. The lowest BCUT2D eigenvalue weighted by molar-refractivity contribution is -0.133. The average molecular weight is 333 g/mol. The smallest absolute Gasteiger partial charge is 0.228 e. The summed E-state index contributed by atoms with van der Waals surface area (Å²) >= 11 is 1.43. The van der Waals surface area contributed by atoms with Gasteiger partial charge < -0.3 is 10.6 Å². The summed E-state index contributed by atoms with van der Waals surface area (Å²) in [5.41, 5.74) is 7.42. The number of benzene rings is 1. The molecule has 0 aliphatic carbocycles. The van der Waals surface area contributed by atoms with E-state index >= 15 is 0 Å². The first kappa shape index (κ1) is 16.1. The van der Waals surface area contributed by atoms with Crippen molar-refractivity contribution >= 4 is 17.2 Å². The van der Waals surface area contributed by atoms with Gasteiger partial charge in [-0.3, -0.25) is 4.79 Å². The zero-order valence-electron chi connectivity index (χ0n) is 13.0. The van der Waals surface area contributed by atoms with E-state index in [4.69, 9.17) is 5.73 Å². The predicted octanol–water partition coefficient (Wildman–Crippen LogP) is 2.83. The maximum atomic E-state index is 13.3. The van der Waals surface area contributed by atoms with Crippen LogP contribution < -0.4 is 5.73 Å². The molecule has 0 bridgehead atoms. The lowest BCUT2D eigenvalue weighted by atomic mass is 9.98. The van der Waals surface area contributed by atoms with Crippen molar-refractivity contribution in [2.75, 3.05) is 6.54 Å². The van der Waals surface area contributed by atoms with Gasteiger partial charge in [-0.2, -0.15) is 0 Å². The van der Waals surface area contributed by atoms with Crippen molar-refractivity contribution in [3.63, 3.8) is 0 Å². The molecular formula is C17H20FN3OS. The van der Waals surface area contributed by atoms with E-state index in [0.717, 1.165) is 29.1 Å². The SMILES string of the molecule is CC1CC(N)CCN1C(=O)Cc1csc(-c2cccc(F)c2)n1. The molecule has 122 valence electrons. The summed E-state index contributed by atoms with van der Waals surface area (Å²) in [5, 5.41) is 2.61. The highest BCUT2D eigenvalue weighted by Crippen LogP contribution is 2.25. The largest absolute Gasteiger partial charge is 0.340 e. The van der Waals surface area contributed by atoms with Crippen LogP contribution in [-0.2, 0) is 11.2 Å². The Balaban J connectivity index is 1.68. The minimum Gasteiger partial charge on any atom is -0.340 e. The molecule has 0 saturated carbocycles. The molecule has 1 aromatic carbocycles. The molecule has 2 heterocycles. The molecule has 3 rings (SSSR count). The Labute approximate surface area is 139 Å². The predicted molar refractivity (Wildman–Crippen MR) is 89.6 cm³/mol. The number of halogens is 1. The molecule has 0 radical (unpaired) electrons. The van der Waals surface area contributed by atoms with Crippen LogP contribution in [0.25, 0.3) is 10.6 Å². The van der Waals surface area contributed by atoms with Crippen LogP contribution in [0.4, 0.5) is 4.39 Å². The fourth-order valence-electron chi connectivity index (χ4n) is 2.98. The molecule has 2 N–H and O–H groups in total. The summed E-state index contributed by atoms with van der Waals surface area (Å²) in [6, 6.07) is 6.71. The van der Waals surface area contributed by atoms with E-state index < -0.39 is 0 Å². The first-order chi connectivity index (χ1) is 11.0. The van der Waals surface area contributed by atoms with Crippen LogP contribution in [0, 0.1) is 5.82 Å². The van der Waals surface area contributed by atoms with Crippen LogP contribution >= 0.6 is 11.3 Å². The van der Waals surface area contributed by atoms with Crippen molar-refractivity contribution in [1.29, 1.82) is 0 Å². The number of rotatable bonds is 3. The number of thiazole rings is 1. The molecule has 2 unspecified atom stereocenters. The van der Waals surface area contributed by atoms with Gasteiger partial charge in [-0.15, -0.1) is 11.3 Å². The molecular weight excluding hydrogens is 313 g/mol. The molecule has 1 amide bonds. The number of hydrogen-bond acceptors (Lipinski definition) is 4. The van der Waals surface area contributed by atoms with Gasteiger partial charge >= 0.3 is 0 Å². The Hall–Kier alpha value is -1.79. The van der Waals surface area contributed by atoms with E-state index in [2.05, 4.69) is 4.98 Å². The lowest BCUT2D eigenvalue weighted by Crippen LogP contribution is -2.48. The topological polar surface area (TPSA) is 59.2 Å². The van der Waals surface area contributed by atoms with E-state index in [9.17, 15) is 9.18 Å². The number of likely N-dealkylation sites (tertiary alicyclic amines) is 1. The molecule has 2 aromatic rings. The average Bonchev–Trinajstić information content (AvgIpc) is 2.95. The van der Waals surface area contributed by atoms with Gasteiger partial charge in [0.2, 0.25) is 5.91 Å². The van der Waals surface area contributed by atoms with Crippen molar-refractivity contribution < 1.29 is 9.18 Å². The molecule has 4 nitrogen and oxygen atoms in total. The number of nitrogens with zero attached hydrogens (tertiary/aromatic N) is 2. The summed E-state index contributed by atoms with van der Waals surface area (Å²) < 4.78 is 13.3. The number of aromatic nitrogens is 1. The molecule has 6 heteroatoms. The number of hydrogen-bond donors (Lipinski definition) is 1. The number of amides is 1. The number of piperidine rings is 1. The first-order valence-corrected chi connectivity index (χ1v) is 8.66. The van der Waals surface area contributed by atoms with E-state index in [1.54, 1.807) is 6.07 Å². The van der Waals surface area contributed by atoms with Crippen molar-refractivity contribution in [3.05, 3.63) is 41.2 Å². The summed E-state index contributed by atoms with van der Waals surface area (Å²) in [5.74, 6) is -0.200. The molecule has 1 saturated heterocycles. The highest BCUT2D eigenvalue weighted by molar-refractivity contribution is 7.13. The Morgan fingerprint density at radius 1 is 1.52 bits per heavy atom. The van der Waals surface area contributed by atoms with Gasteiger partial charge in [0.25, 0.3) is 0 Å². The van der Waals surface area contributed by atoms with Crippen LogP contribution in [-0.4, -0.2) is 34.4 Å². The number of nitrogens with two attached hydrogens (primary N) is 1. The van der Waals surface area contributed by atoms with Gasteiger partial charge in [0.05, 0.1) is 12.1 Å². The van der Waals surface area contributed by atoms with E-state index in [-0.39, 0.29) is 30.2 Å². The van der Waals surface area contributed by atoms with E-state index in [1.165, 1.54) is 23.5 Å². The van der Waals surface area contributed by atoms with E-state index in [1.807, 2.05) is 23.3 Å². The Morgan fingerprint density at radius 3 is 3.09 bits per heavy atom. The zero-order valence-corrected chi connectivity index (χ0v) is 13.9. The first-order valence-electron chi connectivity index (χ1n) is 7.78. The quantitative estimate of drug-likeness (QED) is 0.939. The summed E-state index contributed by atoms with van der Waals surface area (Å²) in [6.45, 7) is 2.75. The fraction of sp³-hybridized carbons (Fsp3) is 0.412. The summed E-state index contributed by atoms with van der Waals surface area (Å²) in [6.07, 6.45) is 1.98. The maximum absolute atomic E-state index is 13.3. The van der Waals surface area contributed by atoms with Crippen LogP contribution in [0.3, 0.4) is 0 Å². The van der Waals surface area contributed by atoms with Crippen LogP contribution in [0.2, 0.25) is 0 Å². The zero-order chi connectivity index (χ0) is 16.4. The highest BCUT2D eigenvalue weighted by Gasteiger charge is 2.27. The number of carbonyl (C=O) groups excluding carboxylic acids is 1. The molecule has 2 atom stereocenters. The summed E-state index contributed by atoms with van der Waals surface area (Å²) in [7, 11) is 0. The van der Waals surface area contributed by atoms with Gasteiger partial charge in [0, 0.05) is 29.6 Å². The van der Waals surface area contributed by atoms with Crippen molar-refractivity contribution in [2.24, 2.45) is 5.73 Å². The molecule has 1 aliphatic heterocycles. The summed E-state index contributed by atoms with van der Waals surface area (Å²) in [4.78, 5) is 18.8. The Kier molecular flexibility index (Phi) is 4.73. The van der Waals surface area contributed by atoms with Crippen molar-refractivity contribution in [1.82, 2.24) is 9.88 Å². The van der Waals surface area contributed by atoms with E-state index in [0.29, 0.717) is 6.54 Å². The van der Waals surface area contributed by atoms with Gasteiger partial charge in [-0.05, 0) is 31.9 Å². The standard InChI is InChI=1S/C17H20FN3OS/c1-11-7-14(19)5-6-21(11)16(22)9-15-10-23-17(20-15)12-3-2-4-13(18)8-12/h2-4,8,10-11,14H,5-7,9,19H2,1H3. The minimum absolute atomic E-state index is 0.0838. The highest BCUT2D eigenvalue weighted by atomic mass is 32.1. The van der Waals surface area contributed by atoms with Crippen LogP contribution in [0.15, 0.2) is 29.6 Å². The van der Waals surface area contributed by atoms with Crippen LogP contribution in [0.1, 0.15) is 25.5 Å². The third kappa shape index (κ3) is 3.76. The molecule has 0 spiro atoms. The fourth-order valence-corrected chi connectivity index (χ4v) is 3.79. The third-order valence-corrected chi connectivity index (χ3v) is 5.13. The molecule has 1 fully saturated rings. The maximum Gasteiger partial charge on any atom is 0.228 e. The second-order valence-electron chi connectivity index (χ2n) is 6.05. The molecule has 1 aliphatic rings. The van der Waals surface area contributed by atoms with Gasteiger partial charge in [0.1, 0.15) is 10.8 Å². The van der Waals surface area contributed by atoms with Gasteiger partial charge in [-0.1, -0.05) is 12.1 Å². The third-order valence-electron chi connectivity index (χ3n) is 4.19. The Morgan fingerprint density at radius 2 is 2.35 bits per heavy atom. The van der Waals surface area contributed by atoms with Gasteiger partial charge in [-0.25, -0.2) is 9.37 Å². The molecule has 1 aromatic heterocycles. The van der Waals surface area contributed by atoms with Gasteiger partial charge in [0.15, 0.2) is 0 Å². The molecule has 23 heavy (non-hydrogen) atoms. The van der Waals surface area contributed by atoms with Crippen LogP contribution in [0.5, 0.6) is 0 Å². The second kappa shape index (κ2) is 6.76. The van der Waals surface area contributed by atoms with Crippen molar-refractivity contribution in [2.45, 2.75) is 38.3 Å².